The molecule has 34 heavy (non-hydrogen) atoms. The highest BCUT2D eigenvalue weighted by Gasteiger charge is 2.31. The highest BCUT2D eigenvalue weighted by atomic mass is 16.6. The molecule has 9 heteroatoms. The Morgan fingerprint density at radius 1 is 1.18 bits per heavy atom. The fraction of sp³-hybridized carbons (Fsp3) is 0.120. The normalized spacial score (nSPS) is 14.4. The number of hydrogen-bond acceptors (Lipinski definition) is 8. The van der Waals surface area contributed by atoms with E-state index in [0.717, 1.165) is 0 Å². The Bertz CT molecular complexity index is 1340. The minimum absolute atomic E-state index is 0.0684. The quantitative estimate of drug-likeness (QED) is 0.248. The molecule has 2 N–H and O–H groups in total. The number of nitro benzene ring substituents is 1. The van der Waals surface area contributed by atoms with Gasteiger partial charge in [-0.05, 0) is 30.7 Å². The molecule has 1 aliphatic rings. The highest BCUT2D eigenvalue weighted by molar-refractivity contribution is 5.94. The fourth-order valence-electron chi connectivity index (χ4n) is 3.71. The average Bonchev–Trinajstić information content (AvgIpc) is 2.83. The van der Waals surface area contributed by atoms with E-state index in [4.69, 9.17) is 19.9 Å². The van der Waals surface area contributed by atoms with Crippen molar-refractivity contribution in [2.75, 3.05) is 6.61 Å². The van der Waals surface area contributed by atoms with Crippen molar-refractivity contribution in [1.29, 1.82) is 5.26 Å². The number of allylic oxidation sites excluding steroid dienone is 1. The summed E-state index contributed by atoms with van der Waals surface area (Å²) in [5.74, 6) is -0.364. The fourth-order valence-corrected chi connectivity index (χ4v) is 3.71. The number of carbonyl (C=O) groups excluding carboxylic acids is 1. The molecule has 0 saturated carbocycles. The molecule has 1 atom stereocenters. The average molecular weight is 457 g/mol. The lowest BCUT2D eigenvalue weighted by atomic mass is 9.83. The van der Waals surface area contributed by atoms with Gasteiger partial charge < -0.3 is 19.9 Å². The predicted molar refractivity (Wildman–Crippen MR) is 121 cm³/mol. The molecule has 170 valence electrons. The molecule has 0 fully saturated rings. The second-order valence-corrected chi connectivity index (χ2v) is 7.29. The van der Waals surface area contributed by atoms with Crippen molar-refractivity contribution in [2.45, 2.75) is 12.8 Å². The molecule has 0 bridgehead atoms. The van der Waals surface area contributed by atoms with Crippen LogP contribution in [0.25, 0.3) is 0 Å². The van der Waals surface area contributed by atoms with E-state index in [9.17, 15) is 20.2 Å². The lowest BCUT2D eigenvalue weighted by Gasteiger charge is -2.26. The SMILES string of the molecule is CCOc1ccccc1C(=O)Oc1ccc2c(c1)OC(N)=C(C#N)C2c1ccc([N+](=O)[O-])cc1. The van der Waals surface area contributed by atoms with Gasteiger partial charge in [0.05, 0.1) is 17.4 Å². The zero-order valence-electron chi connectivity index (χ0n) is 18.1. The van der Waals surface area contributed by atoms with Gasteiger partial charge in [-0.1, -0.05) is 30.3 Å². The smallest absolute Gasteiger partial charge is 0.347 e. The Hall–Kier alpha value is -4.84. The zero-order chi connectivity index (χ0) is 24.2. The summed E-state index contributed by atoms with van der Waals surface area (Å²) in [5, 5.41) is 20.7. The third kappa shape index (κ3) is 4.25. The largest absolute Gasteiger partial charge is 0.493 e. The first-order chi connectivity index (χ1) is 16.4. The van der Waals surface area contributed by atoms with Crippen LogP contribution < -0.4 is 19.9 Å². The van der Waals surface area contributed by atoms with Gasteiger partial charge in [-0.2, -0.15) is 5.26 Å². The summed E-state index contributed by atoms with van der Waals surface area (Å²) in [7, 11) is 0. The van der Waals surface area contributed by atoms with Gasteiger partial charge in [0.25, 0.3) is 5.69 Å². The topological polar surface area (TPSA) is 138 Å². The van der Waals surface area contributed by atoms with Crippen molar-refractivity contribution in [3.8, 4) is 23.3 Å². The lowest BCUT2D eigenvalue weighted by molar-refractivity contribution is -0.384. The molecule has 1 heterocycles. The highest BCUT2D eigenvalue weighted by Crippen LogP contribution is 2.43. The lowest BCUT2D eigenvalue weighted by Crippen LogP contribution is -2.21. The molecule has 9 nitrogen and oxygen atoms in total. The van der Waals surface area contributed by atoms with Gasteiger partial charge in [0, 0.05) is 23.8 Å². The Morgan fingerprint density at radius 3 is 2.59 bits per heavy atom. The Labute approximate surface area is 194 Å². The zero-order valence-corrected chi connectivity index (χ0v) is 18.1. The van der Waals surface area contributed by atoms with Gasteiger partial charge in [-0.25, -0.2) is 4.79 Å². The van der Waals surface area contributed by atoms with Gasteiger partial charge in [0.2, 0.25) is 5.88 Å². The van der Waals surface area contributed by atoms with Crippen LogP contribution in [-0.2, 0) is 0 Å². The molecule has 4 rings (SSSR count). The number of nitro groups is 1. The van der Waals surface area contributed by atoms with Gasteiger partial charge in [-0.15, -0.1) is 0 Å². The summed E-state index contributed by atoms with van der Waals surface area (Å²) in [5.41, 5.74) is 7.63. The van der Waals surface area contributed by atoms with Crippen molar-refractivity contribution >= 4 is 11.7 Å². The molecule has 1 unspecified atom stereocenters. The molecule has 0 saturated heterocycles. The minimum atomic E-state index is -0.604. The van der Waals surface area contributed by atoms with Crippen molar-refractivity contribution in [3.05, 3.63) is 105 Å². The van der Waals surface area contributed by atoms with Crippen LogP contribution in [0.3, 0.4) is 0 Å². The summed E-state index contributed by atoms with van der Waals surface area (Å²) in [6, 6.07) is 19.4. The maximum atomic E-state index is 12.7. The molecule has 0 radical (unpaired) electrons. The van der Waals surface area contributed by atoms with E-state index in [0.29, 0.717) is 29.2 Å². The van der Waals surface area contributed by atoms with Crippen LogP contribution >= 0.6 is 0 Å². The van der Waals surface area contributed by atoms with E-state index in [1.165, 1.54) is 18.2 Å². The van der Waals surface area contributed by atoms with Crippen LogP contribution in [-0.4, -0.2) is 17.5 Å². The van der Waals surface area contributed by atoms with Gasteiger partial charge in [-0.3, -0.25) is 10.1 Å². The first-order valence-corrected chi connectivity index (χ1v) is 10.3. The molecule has 1 aliphatic heterocycles. The predicted octanol–water partition coefficient (Wildman–Crippen LogP) is 4.43. The van der Waals surface area contributed by atoms with Crippen molar-refractivity contribution < 1.29 is 23.9 Å². The Kier molecular flexibility index (Phi) is 6.14. The number of hydrogen-bond donors (Lipinski definition) is 1. The van der Waals surface area contributed by atoms with Gasteiger partial charge in [0.15, 0.2) is 0 Å². The van der Waals surface area contributed by atoms with Crippen LogP contribution in [0.5, 0.6) is 17.2 Å². The van der Waals surface area contributed by atoms with E-state index in [1.807, 2.05) is 6.92 Å². The minimum Gasteiger partial charge on any atom is -0.493 e. The molecular weight excluding hydrogens is 438 g/mol. The Balaban J connectivity index is 1.67. The molecule has 0 amide bonds. The van der Waals surface area contributed by atoms with Crippen LogP contribution in [0.15, 0.2) is 78.2 Å². The third-order valence-electron chi connectivity index (χ3n) is 5.25. The number of rotatable bonds is 6. The molecule has 3 aromatic carbocycles. The molecule has 0 aliphatic carbocycles. The van der Waals surface area contributed by atoms with Crippen LogP contribution in [0.2, 0.25) is 0 Å². The summed E-state index contributed by atoms with van der Waals surface area (Å²) in [6.45, 7) is 2.21. The third-order valence-corrected chi connectivity index (χ3v) is 5.25. The Morgan fingerprint density at radius 2 is 1.91 bits per heavy atom. The molecule has 3 aromatic rings. The number of benzene rings is 3. The molecule has 0 spiro atoms. The van der Waals surface area contributed by atoms with Gasteiger partial charge in [0.1, 0.15) is 34.5 Å². The number of nitriles is 1. The number of para-hydroxylation sites is 1. The first-order valence-electron chi connectivity index (χ1n) is 10.3. The molecular formula is C25H19N3O6. The number of ether oxygens (including phenoxy) is 3. The number of non-ortho nitro benzene ring substituents is 1. The number of nitrogens with zero attached hydrogens (tertiary/aromatic N) is 2. The second-order valence-electron chi connectivity index (χ2n) is 7.29. The summed E-state index contributed by atoms with van der Waals surface area (Å²) >= 11 is 0. The number of fused-ring (bicyclic) bond motifs is 1. The van der Waals surface area contributed by atoms with E-state index in [-0.39, 0.29) is 28.5 Å². The van der Waals surface area contributed by atoms with Gasteiger partial charge >= 0.3 is 5.97 Å². The number of esters is 1. The summed E-state index contributed by atoms with van der Waals surface area (Å²) < 4.78 is 16.7. The second kappa shape index (κ2) is 9.34. The molecule has 0 aromatic heterocycles. The summed E-state index contributed by atoms with van der Waals surface area (Å²) in [4.78, 5) is 23.2. The number of carbonyl (C=O) groups is 1. The van der Waals surface area contributed by atoms with E-state index < -0.39 is 16.8 Å². The summed E-state index contributed by atoms with van der Waals surface area (Å²) in [6.07, 6.45) is 0. The maximum absolute atomic E-state index is 12.7. The maximum Gasteiger partial charge on any atom is 0.347 e. The monoisotopic (exact) mass is 457 g/mol. The van der Waals surface area contributed by atoms with Crippen LogP contribution in [0.1, 0.15) is 34.3 Å². The van der Waals surface area contributed by atoms with Crippen LogP contribution in [0, 0.1) is 21.4 Å². The first kappa shape index (κ1) is 22.4. The van der Waals surface area contributed by atoms with E-state index in [2.05, 4.69) is 6.07 Å². The van der Waals surface area contributed by atoms with Crippen molar-refractivity contribution in [2.24, 2.45) is 5.73 Å². The van der Waals surface area contributed by atoms with Crippen molar-refractivity contribution in [1.82, 2.24) is 0 Å². The van der Waals surface area contributed by atoms with E-state index >= 15 is 0 Å². The van der Waals surface area contributed by atoms with Crippen molar-refractivity contribution in [3.63, 3.8) is 0 Å². The number of nitrogens with two attached hydrogens (primary N) is 1. The van der Waals surface area contributed by atoms with E-state index in [1.54, 1.807) is 48.5 Å². The standard InChI is InChI=1S/C25H19N3O6/c1-2-32-21-6-4-3-5-19(21)25(29)33-17-11-12-18-22(13-17)34-24(27)20(14-26)23(18)15-7-9-16(10-8-15)28(30)31/h3-13,23H,2,27H2,1H3. The van der Waals surface area contributed by atoms with Crippen LogP contribution in [0.4, 0.5) is 5.69 Å².